The molecule has 0 aliphatic carbocycles. The van der Waals surface area contributed by atoms with Gasteiger partial charge in [-0.2, -0.15) is 0 Å². The summed E-state index contributed by atoms with van der Waals surface area (Å²) in [6, 6.07) is 2.57. The third-order valence-corrected chi connectivity index (χ3v) is 3.49. The molecule has 3 heteroatoms. The van der Waals surface area contributed by atoms with E-state index in [1.54, 1.807) is 6.26 Å². The van der Waals surface area contributed by atoms with Crippen LogP contribution in [0.5, 0.6) is 0 Å². The molecule has 1 rings (SSSR count). The van der Waals surface area contributed by atoms with Gasteiger partial charge in [-0.15, -0.1) is 0 Å². The molecule has 16 heavy (non-hydrogen) atoms. The Hall–Kier alpha value is -0.280. The van der Waals surface area contributed by atoms with E-state index in [0.717, 1.165) is 16.8 Å². The molecule has 1 aromatic heterocycles. The third kappa shape index (κ3) is 4.71. The summed E-state index contributed by atoms with van der Waals surface area (Å²) >= 11 is 3.47. The normalized spacial score (nSPS) is 12.9. The summed E-state index contributed by atoms with van der Waals surface area (Å²) in [6.45, 7) is 5.30. The average Bonchev–Trinajstić information content (AvgIpc) is 2.68. The summed E-state index contributed by atoms with van der Waals surface area (Å²) in [4.78, 5) is 0. The van der Waals surface area contributed by atoms with Gasteiger partial charge in [-0.1, -0.05) is 33.1 Å². The molecule has 0 bridgehead atoms. The van der Waals surface area contributed by atoms with E-state index >= 15 is 0 Å². The Morgan fingerprint density at radius 2 is 2.12 bits per heavy atom. The SMILES string of the molecule is CCCCC(CCC)NCc1occc1Br. The van der Waals surface area contributed by atoms with Gasteiger partial charge < -0.3 is 9.73 Å². The fourth-order valence-electron chi connectivity index (χ4n) is 1.84. The lowest BCUT2D eigenvalue weighted by molar-refractivity contribution is 0.401. The third-order valence-electron chi connectivity index (χ3n) is 2.79. The lowest BCUT2D eigenvalue weighted by Crippen LogP contribution is -2.28. The zero-order valence-electron chi connectivity index (χ0n) is 10.3. The van der Waals surface area contributed by atoms with Gasteiger partial charge in [0.25, 0.3) is 0 Å². The van der Waals surface area contributed by atoms with Crippen LogP contribution in [0.3, 0.4) is 0 Å². The van der Waals surface area contributed by atoms with Crippen LogP contribution < -0.4 is 5.32 Å². The van der Waals surface area contributed by atoms with Gasteiger partial charge in [0.2, 0.25) is 0 Å². The first-order valence-electron chi connectivity index (χ1n) is 6.23. The first-order chi connectivity index (χ1) is 7.77. The van der Waals surface area contributed by atoms with Crippen molar-refractivity contribution in [3.8, 4) is 0 Å². The van der Waals surface area contributed by atoms with Crippen molar-refractivity contribution in [3.63, 3.8) is 0 Å². The highest BCUT2D eigenvalue weighted by Crippen LogP contribution is 2.18. The zero-order valence-corrected chi connectivity index (χ0v) is 11.8. The molecule has 1 atom stereocenters. The Balaban J connectivity index is 2.34. The smallest absolute Gasteiger partial charge is 0.131 e. The zero-order chi connectivity index (χ0) is 11.8. The molecule has 0 radical (unpaired) electrons. The number of halogens is 1. The fraction of sp³-hybridized carbons (Fsp3) is 0.692. The van der Waals surface area contributed by atoms with E-state index in [2.05, 4.69) is 35.1 Å². The van der Waals surface area contributed by atoms with Gasteiger partial charge in [-0.25, -0.2) is 0 Å². The molecule has 0 fully saturated rings. The molecule has 92 valence electrons. The summed E-state index contributed by atoms with van der Waals surface area (Å²) < 4.78 is 6.45. The molecule has 1 N–H and O–H groups in total. The molecule has 0 aliphatic heterocycles. The molecule has 1 heterocycles. The summed E-state index contributed by atoms with van der Waals surface area (Å²) in [5.41, 5.74) is 0. The number of nitrogens with one attached hydrogen (secondary N) is 1. The van der Waals surface area contributed by atoms with Crippen LogP contribution in [0.4, 0.5) is 0 Å². The van der Waals surface area contributed by atoms with Crippen LogP contribution in [0.15, 0.2) is 21.2 Å². The number of furan rings is 1. The van der Waals surface area contributed by atoms with E-state index in [0.29, 0.717) is 6.04 Å². The molecule has 0 saturated heterocycles. The second-order valence-corrected chi connectivity index (χ2v) is 5.05. The van der Waals surface area contributed by atoms with Crippen LogP contribution in [0.2, 0.25) is 0 Å². The van der Waals surface area contributed by atoms with Gasteiger partial charge in [-0.05, 0) is 34.8 Å². The van der Waals surface area contributed by atoms with E-state index in [4.69, 9.17) is 4.42 Å². The fourth-order valence-corrected chi connectivity index (χ4v) is 2.18. The summed E-state index contributed by atoms with van der Waals surface area (Å²) in [5, 5.41) is 3.57. The van der Waals surface area contributed by atoms with Crippen molar-refractivity contribution in [2.24, 2.45) is 0 Å². The standard InChI is InChI=1S/C13H22BrNO/c1-3-5-7-11(6-4-2)15-10-13-12(14)8-9-16-13/h8-9,11,15H,3-7,10H2,1-2H3. The Morgan fingerprint density at radius 1 is 1.31 bits per heavy atom. The van der Waals surface area contributed by atoms with Crippen LogP contribution >= 0.6 is 15.9 Å². The molecule has 0 aliphatic rings. The maximum absolute atomic E-state index is 5.39. The van der Waals surface area contributed by atoms with Gasteiger partial charge in [0.15, 0.2) is 0 Å². The summed E-state index contributed by atoms with van der Waals surface area (Å²) in [5.74, 6) is 0.998. The molecular weight excluding hydrogens is 266 g/mol. The van der Waals surface area contributed by atoms with Crippen molar-refractivity contribution < 1.29 is 4.42 Å². The minimum absolute atomic E-state index is 0.627. The highest BCUT2D eigenvalue weighted by Gasteiger charge is 2.09. The predicted molar refractivity (Wildman–Crippen MR) is 71.5 cm³/mol. The van der Waals surface area contributed by atoms with Gasteiger partial charge in [0.1, 0.15) is 5.76 Å². The quantitative estimate of drug-likeness (QED) is 0.762. The molecule has 0 amide bonds. The first-order valence-corrected chi connectivity index (χ1v) is 7.02. The Morgan fingerprint density at radius 3 is 2.69 bits per heavy atom. The highest BCUT2D eigenvalue weighted by atomic mass is 79.9. The molecular formula is C13H22BrNO. The number of unbranched alkanes of at least 4 members (excludes halogenated alkanes) is 1. The van der Waals surface area contributed by atoms with Gasteiger partial charge >= 0.3 is 0 Å². The lowest BCUT2D eigenvalue weighted by Gasteiger charge is -2.17. The lowest BCUT2D eigenvalue weighted by atomic mass is 10.1. The van der Waals surface area contributed by atoms with Crippen LogP contribution in [-0.4, -0.2) is 6.04 Å². The van der Waals surface area contributed by atoms with Crippen molar-refractivity contribution in [3.05, 3.63) is 22.6 Å². The van der Waals surface area contributed by atoms with E-state index in [1.807, 2.05) is 6.07 Å². The van der Waals surface area contributed by atoms with Gasteiger partial charge in [0.05, 0.1) is 17.3 Å². The minimum atomic E-state index is 0.627. The largest absolute Gasteiger partial charge is 0.467 e. The second kappa shape index (κ2) is 7.91. The van der Waals surface area contributed by atoms with Crippen molar-refractivity contribution >= 4 is 15.9 Å². The van der Waals surface area contributed by atoms with E-state index in [-0.39, 0.29) is 0 Å². The Labute approximate surface area is 107 Å². The van der Waals surface area contributed by atoms with Crippen LogP contribution in [0.1, 0.15) is 51.7 Å². The van der Waals surface area contributed by atoms with Crippen molar-refractivity contribution in [2.45, 2.75) is 58.5 Å². The molecule has 1 aromatic rings. The monoisotopic (exact) mass is 287 g/mol. The maximum Gasteiger partial charge on any atom is 0.131 e. The highest BCUT2D eigenvalue weighted by molar-refractivity contribution is 9.10. The van der Waals surface area contributed by atoms with Crippen LogP contribution in [0, 0.1) is 0 Å². The van der Waals surface area contributed by atoms with Gasteiger partial charge in [-0.3, -0.25) is 0 Å². The maximum atomic E-state index is 5.39. The average molecular weight is 288 g/mol. The first kappa shape index (κ1) is 13.8. The Bertz CT molecular complexity index is 285. The second-order valence-electron chi connectivity index (χ2n) is 4.20. The molecule has 1 unspecified atom stereocenters. The van der Waals surface area contributed by atoms with Crippen molar-refractivity contribution in [1.82, 2.24) is 5.32 Å². The van der Waals surface area contributed by atoms with Crippen LogP contribution in [-0.2, 0) is 6.54 Å². The predicted octanol–water partition coefficient (Wildman–Crippen LogP) is 4.49. The molecule has 0 spiro atoms. The van der Waals surface area contributed by atoms with Crippen molar-refractivity contribution in [2.75, 3.05) is 0 Å². The number of rotatable bonds is 8. The van der Waals surface area contributed by atoms with E-state index in [1.165, 1.54) is 32.1 Å². The van der Waals surface area contributed by atoms with Gasteiger partial charge in [0, 0.05) is 6.04 Å². The molecule has 2 nitrogen and oxygen atoms in total. The topological polar surface area (TPSA) is 25.2 Å². The summed E-state index contributed by atoms with van der Waals surface area (Å²) in [6.07, 6.45) is 8.05. The summed E-state index contributed by atoms with van der Waals surface area (Å²) in [7, 11) is 0. The van der Waals surface area contributed by atoms with Crippen molar-refractivity contribution in [1.29, 1.82) is 0 Å². The number of hydrogen-bond donors (Lipinski definition) is 1. The Kier molecular flexibility index (Phi) is 6.81. The number of hydrogen-bond acceptors (Lipinski definition) is 2. The van der Waals surface area contributed by atoms with E-state index in [9.17, 15) is 0 Å². The molecule has 0 saturated carbocycles. The van der Waals surface area contributed by atoms with E-state index < -0.39 is 0 Å². The van der Waals surface area contributed by atoms with Crippen LogP contribution in [0.25, 0.3) is 0 Å². The molecule has 0 aromatic carbocycles. The minimum Gasteiger partial charge on any atom is -0.467 e.